The fourth-order valence-corrected chi connectivity index (χ4v) is 1.69. The fourth-order valence-electron chi connectivity index (χ4n) is 1.69. The number of benzene rings is 1. The Labute approximate surface area is 89.3 Å². The first-order valence-corrected chi connectivity index (χ1v) is 5.06. The van der Waals surface area contributed by atoms with Crippen LogP contribution in [0.3, 0.4) is 0 Å². The number of H-pyrrole nitrogens is 1. The standard InChI is InChI=1S/C12H15N3/c1-9-3-2-4-10(5-9)6-12-11(7-13)8-14-15-12/h2-5,8H,6-7,13H2,1H3,(H,14,15). The summed E-state index contributed by atoms with van der Waals surface area (Å²) in [5, 5.41) is 7.00. The minimum absolute atomic E-state index is 0.539. The molecular formula is C12H15N3. The van der Waals surface area contributed by atoms with Crippen molar-refractivity contribution in [3.8, 4) is 0 Å². The molecule has 3 heteroatoms. The normalized spacial score (nSPS) is 10.5. The molecule has 0 amide bonds. The van der Waals surface area contributed by atoms with Crippen molar-refractivity contribution in [2.24, 2.45) is 5.73 Å². The Hall–Kier alpha value is -1.61. The maximum Gasteiger partial charge on any atom is 0.0535 e. The molecule has 0 aliphatic rings. The van der Waals surface area contributed by atoms with Crippen LogP contribution < -0.4 is 5.73 Å². The van der Waals surface area contributed by atoms with Gasteiger partial charge in [-0.15, -0.1) is 0 Å². The molecule has 78 valence electrons. The number of nitrogens with one attached hydrogen (secondary N) is 1. The number of aromatic amines is 1. The van der Waals surface area contributed by atoms with Crippen LogP contribution in [0.2, 0.25) is 0 Å². The van der Waals surface area contributed by atoms with Gasteiger partial charge < -0.3 is 5.73 Å². The highest BCUT2D eigenvalue weighted by Crippen LogP contribution is 2.12. The first-order chi connectivity index (χ1) is 7.29. The van der Waals surface area contributed by atoms with E-state index in [9.17, 15) is 0 Å². The van der Waals surface area contributed by atoms with Gasteiger partial charge in [0.1, 0.15) is 0 Å². The van der Waals surface area contributed by atoms with Gasteiger partial charge in [-0.05, 0) is 12.5 Å². The zero-order chi connectivity index (χ0) is 10.7. The molecule has 0 spiro atoms. The first-order valence-electron chi connectivity index (χ1n) is 5.06. The van der Waals surface area contributed by atoms with E-state index >= 15 is 0 Å². The van der Waals surface area contributed by atoms with Crippen molar-refractivity contribution < 1.29 is 0 Å². The Kier molecular flexibility index (Phi) is 2.83. The molecule has 3 N–H and O–H groups in total. The Balaban J connectivity index is 2.22. The minimum atomic E-state index is 0.539. The van der Waals surface area contributed by atoms with Crippen molar-refractivity contribution in [1.29, 1.82) is 0 Å². The second kappa shape index (κ2) is 4.28. The molecule has 1 aromatic carbocycles. The molecule has 0 radical (unpaired) electrons. The van der Waals surface area contributed by atoms with Gasteiger partial charge in [-0.3, -0.25) is 5.10 Å². The lowest BCUT2D eigenvalue weighted by atomic mass is 10.1. The van der Waals surface area contributed by atoms with E-state index in [0.717, 1.165) is 17.7 Å². The minimum Gasteiger partial charge on any atom is -0.326 e. The van der Waals surface area contributed by atoms with Crippen LogP contribution in [0.25, 0.3) is 0 Å². The molecule has 2 rings (SSSR count). The van der Waals surface area contributed by atoms with Crippen LogP contribution in [0.1, 0.15) is 22.4 Å². The zero-order valence-electron chi connectivity index (χ0n) is 8.83. The van der Waals surface area contributed by atoms with Crippen molar-refractivity contribution in [2.45, 2.75) is 19.9 Å². The second-order valence-corrected chi connectivity index (χ2v) is 3.74. The third kappa shape index (κ3) is 2.25. The third-order valence-corrected chi connectivity index (χ3v) is 2.49. The molecular weight excluding hydrogens is 186 g/mol. The van der Waals surface area contributed by atoms with Gasteiger partial charge in [0.15, 0.2) is 0 Å². The lowest BCUT2D eigenvalue weighted by molar-refractivity contribution is 0.969. The summed E-state index contributed by atoms with van der Waals surface area (Å²) in [5.74, 6) is 0. The van der Waals surface area contributed by atoms with Crippen molar-refractivity contribution in [2.75, 3.05) is 0 Å². The number of hydrogen-bond donors (Lipinski definition) is 2. The summed E-state index contributed by atoms with van der Waals surface area (Å²) in [6, 6.07) is 8.47. The molecule has 0 atom stereocenters. The van der Waals surface area contributed by atoms with Crippen molar-refractivity contribution in [3.05, 3.63) is 52.8 Å². The van der Waals surface area contributed by atoms with Crippen molar-refractivity contribution in [3.63, 3.8) is 0 Å². The van der Waals surface area contributed by atoms with Crippen LogP contribution in [0.4, 0.5) is 0 Å². The smallest absolute Gasteiger partial charge is 0.0535 e. The average molecular weight is 201 g/mol. The topological polar surface area (TPSA) is 54.7 Å². The number of nitrogens with zero attached hydrogens (tertiary/aromatic N) is 1. The summed E-state index contributed by atoms with van der Waals surface area (Å²) in [5.41, 5.74) is 10.4. The van der Waals surface area contributed by atoms with E-state index in [1.54, 1.807) is 6.20 Å². The summed E-state index contributed by atoms with van der Waals surface area (Å²) in [6.07, 6.45) is 2.67. The molecule has 1 heterocycles. The average Bonchev–Trinajstić information content (AvgIpc) is 2.65. The van der Waals surface area contributed by atoms with Gasteiger partial charge in [0, 0.05) is 24.2 Å². The van der Waals surface area contributed by atoms with Gasteiger partial charge in [-0.1, -0.05) is 29.8 Å². The highest BCUT2D eigenvalue weighted by molar-refractivity contribution is 5.28. The SMILES string of the molecule is Cc1cccc(Cc2[nH]ncc2CN)c1. The largest absolute Gasteiger partial charge is 0.326 e. The molecule has 15 heavy (non-hydrogen) atoms. The number of rotatable bonds is 3. The number of hydrogen-bond acceptors (Lipinski definition) is 2. The van der Waals surface area contributed by atoms with Crippen LogP contribution >= 0.6 is 0 Å². The lowest BCUT2D eigenvalue weighted by Gasteiger charge is -2.02. The summed E-state index contributed by atoms with van der Waals surface area (Å²) in [7, 11) is 0. The molecule has 0 aliphatic carbocycles. The van der Waals surface area contributed by atoms with E-state index < -0.39 is 0 Å². The predicted molar refractivity (Wildman–Crippen MR) is 60.5 cm³/mol. The first kappa shape index (κ1) is 9.93. The maximum atomic E-state index is 5.62. The van der Waals surface area contributed by atoms with E-state index in [1.807, 2.05) is 0 Å². The van der Waals surface area contributed by atoms with Crippen LogP contribution in [0.5, 0.6) is 0 Å². The molecule has 0 saturated carbocycles. The van der Waals surface area contributed by atoms with Crippen LogP contribution in [0.15, 0.2) is 30.5 Å². The van der Waals surface area contributed by atoms with Crippen molar-refractivity contribution >= 4 is 0 Å². The summed E-state index contributed by atoms with van der Waals surface area (Å²) < 4.78 is 0. The van der Waals surface area contributed by atoms with Gasteiger partial charge in [-0.25, -0.2) is 0 Å². The van der Waals surface area contributed by atoms with Crippen LogP contribution in [-0.4, -0.2) is 10.2 Å². The number of aromatic nitrogens is 2. The summed E-state index contributed by atoms with van der Waals surface area (Å²) in [4.78, 5) is 0. The maximum absolute atomic E-state index is 5.62. The van der Waals surface area contributed by atoms with E-state index in [2.05, 4.69) is 41.4 Å². The van der Waals surface area contributed by atoms with Crippen LogP contribution in [0, 0.1) is 6.92 Å². The zero-order valence-corrected chi connectivity index (χ0v) is 8.83. The molecule has 0 bridgehead atoms. The van der Waals surface area contributed by atoms with Gasteiger partial charge in [0.25, 0.3) is 0 Å². The van der Waals surface area contributed by atoms with Gasteiger partial charge in [0.2, 0.25) is 0 Å². The highest BCUT2D eigenvalue weighted by Gasteiger charge is 2.04. The highest BCUT2D eigenvalue weighted by atomic mass is 15.1. The second-order valence-electron chi connectivity index (χ2n) is 3.74. The fraction of sp³-hybridized carbons (Fsp3) is 0.250. The Morgan fingerprint density at radius 2 is 2.27 bits per heavy atom. The van der Waals surface area contributed by atoms with E-state index in [0.29, 0.717) is 6.54 Å². The van der Waals surface area contributed by atoms with Crippen LogP contribution in [-0.2, 0) is 13.0 Å². The molecule has 1 aromatic heterocycles. The Morgan fingerprint density at radius 1 is 1.40 bits per heavy atom. The quantitative estimate of drug-likeness (QED) is 0.795. The molecule has 0 unspecified atom stereocenters. The molecule has 3 nitrogen and oxygen atoms in total. The lowest BCUT2D eigenvalue weighted by Crippen LogP contribution is -2.00. The van der Waals surface area contributed by atoms with E-state index in [1.165, 1.54) is 11.1 Å². The Bertz CT molecular complexity index is 446. The van der Waals surface area contributed by atoms with Gasteiger partial charge in [-0.2, -0.15) is 5.10 Å². The van der Waals surface area contributed by atoms with E-state index in [4.69, 9.17) is 5.73 Å². The van der Waals surface area contributed by atoms with Gasteiger partial charge >= 0.3 is 0 Å². The molecule has 0 saturated heterocycles. The monoisotopic (exact) mass is 201 g/mol. The van der Waals surface area contributed by atoms with Gasteiger partial charge in [0.05, 0.1) is 6.20 Å². The van der Waals surface area contributed by atoms with Crippen molar-refractivity contribution in [1.82, 2.24) is 10.2 Å². The summed E-state index contributed by atoms with van der Waals surface area (Å²) >= 11 is 0. The Morgan fingerprint density at radius 3 is 3.00 bits per heavy atom. The molecule has 2 aromatic rings. The number of nitrogens with two attached hydrogens (primary N) is 1. The molecule has 0 fully saturated rings. The van der Waals surface area contributed by atoms with E-state index in [-0.39, 0.29) is 0 Å². The summed E-state index contributed by atoms with van der Waals surface area (Å²) in [6.45, 7) is 2.64. The third-order valence-electron chi connectivity index (χ3n) is 2.49. The number of aryl methyl sites for hydroxylation is 1. The molecule has 0 aliphatic heterocycles. The predicted octanol–water partition coefficient (Wildman–Crippen LogP) is 1.77.